The molecule has 0 saturated carbocycles. The van der Waals surface area contributed by atoms with Gasteiger partial charge >= 0.3 is 10.1 Å². The zero-order valence-corrected chi connectivity index (χ0v) is 14.5. The maximum Gasteiger partial charge on any atom is 0.358 e. The molecule has 0 aliphatic heterocycles. The summed E-state index contributed by atoms with van der Waals surface area (Å²) in [6.07, 6.45) is 2.42. The van der Waals surface area contributed by atoms with Gasteiger partial charge in [-0.2, -0.15) is 8.42 Å². The van der Waals surface area contributed by atoms with Gasteiger partial charge in [0.2, 0.25) is 0 Å². The SMILES string of the molecule is COc1cccc2c1CCC/C2=N\OS(=O)(=O)c1ccc(C)cc1. The lowest BCUT2D eigenvalue weighted by molar-refractivity contribution is 0.337. The number of nitrogens with zero attached hydrogens (tertiary/aromatic N) is 1. The van der Waals surface area contributed by atoms with Crippen molar-refractivity contribution in [2.75, 3.05) is 7.11 Å². The van der Waals surface area contributed by atoms with Crippen LogP contribution in [-0.2, 0) is 20.8 Å². The average Bonchev–Trinajstić information content (AvgIpc) is 2.59. The third-order valence-electron chi connectivity index (χ3n) is 4.06. The standard InChI is InChI=1S/C18H19NO4S/c1-13-9-11-14(12-10-13)24(20,21)23-19-17-7-3-6-16-15(17)5-4-8-18(16)22-2/h4-5,8-12H,3,6-7H2,1-2H3/b19-17+. The Labute approximate surface area is 142 Å². The van der Waals surface area contributed by atoms with E-state index in [1.54, 1.807) is 19.2 Å². The van der Waals surface area contributed by atoms with Crippen LogP contribution in [-0.4, -0.2) is 21.2 Å². The van der Waals surface area contributed by atoms with Gasteiger partial charge in [-0.3, -0.25) is 4.28 Å². The first-order valence-electron chi connectivity index (χ1n) is 7.75. The van der Waals surface area contributed by atoms with Gasteiger partial charge in [-0.15, -0.1) is 0 Å². The molecule has 0 aromatic heterocycles. The molecular formula is C18H19NO4S. The lowest BCUT2D eigenvalue weighted by Crippen LogP contribution is -2.14. The second-order valence-corrected chi connectivity index (χ2v) is 7.25. The smallest absolute Gasteiger partial charge is 0.358 e. The van der Waals surface area contributed by atoms with E-state index in [-0.39, 0.29) is 4.90 Å². The summed E-state index contributed by atoms with van der Waals surface area (Å²) >= 11 is 0. The molecule has 0 unspecified atom stereocenters. The van der Waals surface area contributed by atoms with Gasteiger partial charge in [0.25, 0.3) is 0 Å². The minimum absolute atomic E-state index is 0.0964. The molecule has 0 N–H and O–H groups in total. The van der Waals surface area contributed by atoms with Gasteiger partial charge in [-0.05, 0) is 44.4 Å². The fourth-order valence-corrected chi connectivity index (χ4v) is 3.53. The van der Waals surface area contributed by atoms with E-state index in [0.29, 0.717) is 12.1 Å². The Morgan fingerprint density at radius 2 is 1.79 bits per heavy atom. The van der Waals surface area contributed by atoms with Crippen LogP contribution in [0.1, 0.15) is 29.5 Å². The van der Waals surface area contributed by atoms with Crippen LogP contribution in [0, 0.1) is 6.92 Å². The number of benzene rings is 2. The Balaban J connectivity index is 1.90. The Bertz CT molecular complexity index is 870. The molecule has 0 bridgehead atoms. The molecule has 126 valence electrons. The summed E-state index contributed by atoms with van der Waals surface area (Å²) in [4.78, 5) is 0.0964. The van der Waals surface area contributed by atoms with Crippen molar-refractivity contribution < 1.29 is 17.4 Å². The predicted molar refractivity (Wildman–Crippen MR) is 91.9 cm³/mol. The Morgan fingerprint density at radius 1 is 1.04 bits per heavy atom. The van der Waals surface area contributed by atoms with E-state index < -0.39 is 10.1 Å². The molecule has 0 fully saturated rings. The highest BCUT2D eigenvalue weighted by atomic mass is 32.2. The molecule has 0 atom stereocenters. The highest BCUT2D eigenvalue weighted by Crippen LogP contribution is 2.30. The quantitative estimate of drug-likeness (QED) is 0.796. The topological polar surface area (TPSA) is 65.0 Å². The van der Waals surface area contributed by atoms with E-state index in [2.05, 4.69) is 5.16 Å². The summed E-state index contributed by atoms with van der Waals surface area (Å²) in [5.41, 5.74) is 3.54. The summed E-state index contributed by atoms with van der Waals surface area (Å²) in [6.45, 7) is 1.89. The molecular weight excluding hydrogens is 326 g/mol. The van der Waals surface area contributed by atoms with Crippen molar-refractivity contribution >= 4 is 15.8 Å². The minimum Gasteiger partial charge on any atom is -0.496 e. The van der Waals surface area contributed by atoms with Gasteiger partial charge in [0.1, 0.15) is 10.6 Å². The predicted octanol–water partition coefficient (Wildman–Crippen LogP) is 3.45. The first-order chi connectivity index (χ1) is 11.5. The molecule has 0 heterocycles. The molecule has 0 amide bonds. The average molecular weight is 345 g/mol. The summed E-state index contributed by atoms with van der Waals surface area (Å²) in [5, 5.41) is 3.94. The molecule has 6 heteroatoms. The van der Waals surface area contributed by atoms with Crippen molar-refractivity contribution in [2.24, 2.45) is 5.16 Å². The van der Waals surface area contributed by atoms with Crippen molar-refractivity contribution in [3.05, 3.63) is 59.2 Å². The van der Waals surface area contributed by atoms with E-state index in [0.717, 1.165) is 35.3 Å². The van der Waals surface area contributed by atoms with Crippen LogP contribution in [0.3, 0.4) is 0 Å². The zero-order valence-electron chi connectivity index (χ0n) is 13.7. The number of aryl methyl sites for hydroxylation is 1. The number of hydrogen-bond acceptors (Lipinski definition) is 5. The van der Waals surface area contributed by atoms with Crippen LogP contribution >= 0.6 is 0 Å². The molecule has 0 spiro atoms. The second-order valence-electron chi connectivity index (χ2n) is 5.72. The number of rotatable bonds is 4. The molecule has 24 heavy (non-hydrogen) atoms. The first-order valence-corrected chi connectivity index (χ1v) is 9.15. The maximum atomic E-state index is 12.3. The third-order valence-corrected chi connectivity index (χ3v) is 5.18. The Hall–Kier alpha value is -2.34. The fraction of sp³-hybridized carbons (Fsp3) is 0.278. The number of oxime groups is 1. The van der Waals surface area contributed by atoms with Crippen LogP contribution in [0.25, 0.3) is 0 Å². The fourth-order valence-electron chi connectivity index (χ4n) is 2.79. The summed E-state index contributed by atoms with van der Waals surface area (Å²) < 4.78 is 34.9. The van der Waals surface area contributed by atoms with E-state index >= 15 is 0 Å². The van der Waals surface area contributed by atoms with Crippen molar-refractivity contribution in [3.8, 4) is 5.75 Å². The van der Waals surface area contributed by atoms with Gasteiger partial charge in [0.15, 0.2) is 0 Å². The van der Waals surface area contributed by atoms with Crippen molar-refractivity contribution in [2.45, 2.75) is 31.1 Å². The second kappa shape index (κ2) is 6.65. The van der Waals surface area contributed by atoms with E-state index in [1.807, 2.05) is 25.1 Å². The number of fused-ring (bicyclic) bond motifs is 1. The van der Waals surface area contributed by atoms with Gasteiger partial charge in [0, 0.05) is 11.1 Å². The largest absolute Gasteiger partial charge is 0.496 e. The first kappa shape index (κ1) is 16.5. The van der Waals surface area contributed by atoms with Crippen LogP contribution in [0.4, 0.5) is 0 Å². The molecule has 3 rings (SSSR count). The van der Waals surface area contributed by atoms with Gasteiger partial charge in [0.05, 0.1) is 12.8 Å². The van der Waals surface area contributed by atoms with Gasteiger partial charge in [-0.25, -0.2) is 0 Å². The van der Waals surface area contributed by atoms with Crippen LogP contribution < -0.4 is 4.74 Å². The minimum atomic E-state index is -3.91. The Morgan fingerprint density at radius 3 is 2.50 bits per heavy atom. The molecule has 0 saturated heterocycles. The van der Waals surface area contributed by atoms with Crippen molar-refractivity contribution in [1.29, 1.82) is 0 Å². The highest BCUT2D eigenvalue weighted by Gasteiger charge is 2.21. The van der Waals surface area contributed by atoms with E-state index in [9.17, 15) is 8.42 Å². The summed E-state index contributed by atoms with van der Waals surface area (Å²) in [7, 11) is -2.29. The normalized spacial score (nSPS) is 15.8. The summed E-state index contributed by atoms with van der Waals surface area (Å²) in [6, 6.07) is 12.2. The molecule has 2 aromatic rings. The van der Waals surface area contributed by atoms with Crippen molar-refractivity contribution in [1.82, 2.24) is 0 Å². The lowest BCUT2D eigenvalue weighted by atomic mass is 9.89. The molecule has 1 aliphatic rings. The molecule has 2 aromatic carbocycles. The summed E-state index contributed by atoms with van der Waals surface area (Å²) in [5.74, 6) is 0.793. The van der Waals surface area contributed by atoms with Crippen molar-refractivity contribution in [3.63, 3.8) is 0 Å². The van der Waals surface area contributed by atoms with Gasteiger partial charge in [-0.1, -0.05) is 35.0 Å². The molecule has 0 radical (unpaired) electrons. The zero-order chi connectivity index (χ0) is 17.2. The lowest BCUT2D eigenvalue weighted by Gasteiger charge is -2.19. The number of methoxy groups -OCH3 is 1. The van der Waals surface area contributed by atoms with Crippen LogP contribution in [0.2, 0.25) is 0 Å². The van der Waals surface area contributed by atoms with Gasteiger partial charge < -0.3 is 4.74 Å². The third kappa shape index (κ3) is 3.28. The number of ether oxygens (including phenoxy) is 1. The maximum absolute atomic E-state index is 12.3. The number of hydrogen-bond donors (Lipinski definition) is 0. The van der Waals surface area contributed by atoms with Crippen LogP contribution in [0.5, 0.6) is 5.75 Å². The highest BCUT2D eigenvalue weighted by molar-refractivity contribution is 7.86. The molecule has 1 aliphatic carbocycles. The monoisotopic (exact) mass is 345 g/mol. The van der Waals surface area contributed by atoms with E-state index in [4.69, 9.17) is 9.02 Å². The molecule has 5 nitrogen and oxygen atoms in total. The van der Waals surface area contributed by atoms with Crippen LogP contribution in [0.15, 0.2) is 52.5 Å². The Kier molecular flexibility index (Phi) is 4.57. The van der Waals surface area contributed by atoms with E-state index in [1.165, 1.54) is 12.1 Å².